The first-order valence-electron chi connectivity index (χ1n) is 8.12. The number of hydrogen-bond acceptors (Lipinski definition) is 1. The third-order valence-electron chi connectivity index (χ3n) is 3.98. The number of likely N-dealkylation sites (tertiary alicyclic amines) is 1. The molecule has 106 valence electrons. The average Bonchev–Trinajstić information content (AvgIpc) is 2.38. The maximum Gasteiger partial charge on any atom is 0.224 e. The zero-order chi connectivity index (χ0) is 13.1. The van der Waals surface area contributed by atoms with Crippen molar-refractivity contribution in [2.24, 2.45) is 0 Å². The van der Waals surface area contributed by atoms with Crippen LogP contribution in [0.3, 0.4) is 0 Å². The summed E-state index contributed by atoms with van der Waals surface area (Å²) in [6.07, 6.45) is 15.9. The molecule has 0 bridgehead atoms. The van der Waals surface area contributed by atoms with Crippen molar-refractivity contribution in [3.05, 3.63) is 0 Å². The van der Waals surface area contributed by atoms with Crippen molar-refractivity contribution in [1.82, 2.24) is 4.90 Å². The fraction of sp³-hybridized carbons (Fsp3) is 0.938. The molecule has 0 N–H and O–H groups in total. The summed E-state index contributed by atoms with van der Waals surface area (Å²) in [4.78, 5) is 13.1. The molecule has 2 nitrogen and oxygen atoms in total. The van der Waals surface area contributed by atoms with Crippen LogP contribution in [-0.4, -0.2) is 23.9 Å². The van der Waals surface area contributed by atoms with E-state index >= 15 is 0 Å². The van der Waals surface area contributed by atoms with Gasteiger partial charge < -0.3 is 4.90 Å². The number of unbranched alkanes of at least 4 members (excludes halogenated alkanes) is 10. The van der Waals surface area contributed by atoms with Gasteiger partial charge >= 0.3 is 0 Å². The van der Waals surface area contributed by atoms with Crippen LogP contribution in [0.2, 0.25) is 0 Å². The second kappa shape index (κ2) is 10.4. The summed E-state index contributed by atoms with van der Waals surface area (Å²) < 4.78 is 0. The number of amides is 1. The SMILES string of the molecule is CCCCCCCCCCCCCN1CCC1=O. The molecule has 0 saturated carbocycles. The minimum atomic E-state index is 0.363. The van der Waals surface area contributed by atoms with Crippen molar-refractivity contribution in [3.8, 4) is 0 Å². The van der Waals surface area contributed by atoms with Crippen LogP contribution in [0.4, 0.5) is 0 Å². The first-order valence-corrected chi connectivity index (χ1v) is 8.12. The van der Waals surface area contributed by atoms with Crippen molar-refractivity contribution in [2.75, 3.05) is 13.1 Å². The highest BCUT2D eigenvalue weighted by molar-refractivity contribution is 5.81. The van der Waals surface area contributed by atoms with Crippen molar-refractivity contribution >= 4 is 5.91 Å². The summed E-state index contributed by atoms with van der Waals surface area (Å²) in [6.45, 7) is 4.29. The van der Waals surface area contributed by atoms with Crippen LogP contribution >= 0.6 is 0 Å². The molecule has 0 radical (unpaired) electrons. The molecule has 1 rings (SSSR count). The zero-order valence-corrected chi connectivity index (χ0v) is 12.3. The van der Waals surface area contributed by atoms with E-state index in [9.17, 15) is 4.79 Å². The topological polar surface area (TPSA) is 20.3 Å². The van der Waals surface area contributed by atoms with Crippen LogP contribution in [0, 0.1) is 0 Å². The Hall–Kier alpha value is -0.530. The van der Waals surface area contributed by atoms with E-state index in [1.54, 1.807) is 0 Å². The molecule has 1 amide bonds. The quantitative estimate of drug-likeness (QED) is 0.369. The van der Waals surface area contributed by atoms with Gasteiger partial charge in [-0.05, 0) is 6.42 Å². The normalized spacial score (nSPS) is 14.9. The van der Waals surface area contributed by atoms with Gasteiger partial charge in [0.2, 0.25) is 5.91 Å². The minimum Gasteiger partial charge on any atom is -0.342 e. The Kier molecular flexibility index (Phi) is 8.97. The molecule has 18 heavy (non-hydrogen) atoms. The number of nitrogens with zero attached hydrogens (tertiary/aromatic N) is 1. The summed E-state index contributed by atoms with van der Waals surface area (Å²) >= 11 is 0. The molecule has 0 unspecified atom stereocenters. The van der Waals surface area contributed by atoms with Gasteiger partial charge in [0.05, 0.1) is 0 Å². The molecule has 0 spiro atoms. The van der Waals surface area contributed by atoms with E-state index in [-0.39, 0.29) is 0 Å². The summed E-state index contributed by atoms with van der Waals surface area (Å²) in [5.41, 5.74) is 0. The smallest absolute Gasteiger partial charge is 0.224 e. The molecule has 0 aromatic carbocycles. The lowest BCUT2D eigenvalue weighted by atomic mass is 10.1. The fourth-order valence-corrected chi connectivity index (χ4v) is 2.56. The lowest BCUT2D eigenvalue weighted by Gasteiger charge is -2.30. The highest BCUT2D eigenvalue weighted by atomic mass is 16.2. The number of hydrogen-bond donors (Lipinski definition) is 0. The lowest BCUT2D eigenvalue weighted by Crippen LogP contribution is -2.43. The molecule has 1 fully saturated rings. The molecule has 1 heterocycles. The molecule has 1 aliphatic rings. The second-order valence-electron chi connectivity index (χ2n) is 5.67. The Bertz CT molecular complexity index is 215. The van der Waals surface area contributed by atoms with E-state index in [2.05, 4.69) is 6.92 Å². The van der Waals surface area contributed by atoms with E-state index in [1.165, 1.54) is 70.6 Å². The van der Waals surface area contributed by atoms with Gasteiger partial charge in [-0.2, -0.15) is 0 Å². The standard InChI is InChI=1S/C16H31NO/c1-2-3-4-5-6-7-8-9-10-11-12-14-17-15-13-16(17)18/h2-15H2,1H3. The van der Waals surface area contributed by atoms with Crippen LogP contribution in [0.25, 0.3) is 0 Å². The molecule has 0 atom stereocenters. The van der Waals surface area contributed by atoms with Crippen molar-refractivity contribution in [2.45, 2.75) is 84.0 Å². The summed E-state index contributed by atoms with van der Waals surface area (Å²) in [7, 11) is 0. The number of rotatable bonds is 12. The van der Waals surface area contributed by atoms with Crippen LogP contribution in [0.1, 0.15) is 84.0 Å². The molecular formula is C16H31NO. The van der Waals surface area contributed by atoms with E-state index in [1.807, 2.05) is 4.90 Å². The predicted octanol–water partition coefficient (Wildman–Crippen LogP) is 4.53. The number of carbonyl (C=O) groups is 1. The van der Waals surface area contributed by atoms with Crippen molar-refractivity contribution in [1.29, 1.82) is 0 Å². The van der Waals surface area contributed by atoms with Crippen molar-refractivity contribution in [3.63, 3.8) is 0 Å². The highest BCUT2D eigenvalue weighted by Gasteiger charge is 2.22. The Morgan fingerprint density at radius 2 is 1.33 bits per heavy atom. The lowest BCUT2D eigenvalue weighted by molar-refractivity contribution is -0.139. The van der Waals surface area contributed by atoms with E-state index in [0.29, 0.717) is 5.91 Å². The summed E-state index contributed by atoms with van der Waals surface area (Å²) in [6, 6.07) is 0. The van der Waals surface area contributed by atoms with Gasteiger partial charge in [0, 0.05) is 19.5 Å². The molecule has 0 aromatic rings. The van der Waals surface area contributed by atoms with Crippen LogP contribution < -0.4 is 0 Å². The highest BCUT2D eigenvalue weighted by Crippen LogP contribution is 2.13. The van der Waals surface area contributed by atoms with Gasteiger partial charge in [-0.1, -0.05) is 71.1 Å². The molecule has 0 aromatic heterocycles. The average molecular weight is 253 g/mol. The third-order valence-corrected chi connectivity index (χ3v) is 3.98. The van der Waals surface area contributed by atoms with Crippen molar-refractivity contribution < 1.29 is 4.79 Å². The molecule has 1 aliphatic heterocycles. The molecule has 2 heteroatoms. The minimum absolute atomic E-state index is 0.363. The van der Waals surface area contributed by atoms with Gasteiger partial charge in [0.25, 0.3) is 0 Å². The maximum atomic E-state index is 11.1. The zero-order valence-electron chi connectivity index (χ0n) is 12.3. The van der Waals surface area contributed by atoms with Gasteiger partial charge in [0.15, 0.2) is 0 Å². The fourth-order valence-electron chi connectivity index (χ4n) is 2.56. The number of β-lactam (4-membered cyclic amide) rings is 1. The first kappa shape index (κ1) is 15.5. The largest absolute Gasteiger partial charge is 0.342 e. The Labute approximate surface area is 113 Å². The van der Waals surface area contributed by atoms with Gasteiger partial charge in [-0.3, -0.25) is 4.79 Å². The second-order valence-corrected chi connectivity index (χ2v) is 5.67. The van der Waals surface area contributed by atoms with Crippen LogP contribution in [-0.2, 0) is 4.79 Å². The molecule has 1 saturated heterocycles. The van der Waals surface area contributed by atoms with Gasteiger partial charge in [-0.15, -0.1) is 0 Å². The number of carbonyl (C=O) groups excluding carboxylic acids is 1. The monoisotopic (exact) mass is 253 g/mol. The Morgan fingerprint density at radius 3 is 1.72 bits per heavy atom. The van der Waals surface area contributed by atoms with Gasteiger partial charge in [0.1, 0.15) is 0 Å². The van der Waals surface area contributed by atoms with E-state index in [4.69, 9.17) is 0 Å². The third kappa shape index (κ3) is 7.03. The van der Waals surface area contributed by atoms with E-state index in [0.717, 1.165) is 19.5 Å². The summed E-state index contributed by atoms with van der Waals surface area (Å²) in [5.74, 6) is 0.363. The van der Waals surface area contributed by atoms with Crippen LogP contribution in [0.15, 0.2) is 0 Å². The Morgan fingerprint density at radius 1 is 0.833 bits per heavy atom. The maximum absolute atomic E-state index is 11.1. The van der Waals surface area contributed by atoms with Crippen LogP contribution in [0.5, 0.6) is 0 Å². The first-order chi connectivity index (χ1) is 8.84. The van der Waals surface area contributed by atoms with Gasteiger partial charge in [-0.25, -0.2) is 0 Å². The molecule has 0 aliphatic carbocycles. The van der Waals surface area contributed by atoms with E-state index < -0.39 is 0 Å². The summed E-state index contributed by atoms with van der Waals surface area (Å²) in [5, 5.41) is 0. The Balaban J connectivity index is 1.69. The predicted molar refractivity (Wildman–Crippen MR) is 77.7 cm³/mol. The molecular weight excluding hydrogens is 222 g/mol.